The lowest BCUT2D eigenvalue weighted by atomic mass is 10.1. The molecule has 2 heterocycles. The highest BCUT2D eigenvalue weighted by molar-refractivity contribution is 5.68. The smallest absolute Gasteiger partial charge is 0.232 e. The van der Waals surface area contributed by atoms with E-state index < -0.39 is 6.10 Å². The Bertz CT molecular complexity index is 814. The molecule has 0 aliphatic carbocycles. The van der Waals surface area contributed by atoms with E-state index in [0.717, 1.165) is 35.8 Å². The largest absolute Gasteiger partial charge is 0.389 e. The van der Waals surface area contributed by atoms with E-state index in [1.807, 2.05) is 30.3 Å². The van der Waals surface area contributed by atoms with Crippen molar-refractivity contribution in [2.24, 2.45) is 0 Å². The molecule has 0 radical (unpaired) electrons. The number of terminal acetylenes is 1. The highest BCUT2D eigenvalue weighted by Crippen LogP contribution is 2.33. The minimum absolute atomic E-state index is 0.180. The van der Waals surface area contributed by atoms with Crippen LogP contribution in [-0.4, -0.2) is 87.6 Å². The van der Waals surface area contributed by atoms with Gasteiger partial charge < -0.3 is 28.7 Å². The molecule has 1 aliphatic heterocycles. The lowest BCUT2D eigenvalue weighted by Gasteiger charge is -2.29. The molecular formula is C23H31N3O5. The molecule has 1 aromatic carbocycles. The summed E-state index contributed by atoms with van der Waals surface area (Å²) in [6, 6.07) is 9.98. The third kappa shape index (κ3) is 6.79. The summed E-state index contributed by atoms with van der Waals surface area (Å²) in [7, 11) is 1.67. The first-order valence-electron chi connectivity index (χ1n) is 10.5. The lowest BCUT2D eigenvalue weighted by Crippen LogP contribution is -2.39. The fourth-order valence-electron chi connectivity index (χ4n) is 3.56. The molecule has 0 amide bonds. The summed E-state index contributed by atoms with van der Waals surface area (Å²) in [6.45, 7) is 5.31. The summed E-state index contributed by atoms with van der Waals surface area (Å²) in [5.74, 6) is 3.17. The molecule has 1 saturated heterocycles. The van der Waals surface area contributed by atoms with Crippen molar-refractivity contribution in [3.63, 3.8) is 0 Å². The van der Waals surface area contributed by atoms with E-state index in [1.165, 1.54) is 0 Å². The Labute approximate surface area is 183 Å². The van der Waals surface area contributed by atoms with Crippen molar-refractivity contribution in [1.82, 2.24) is 10.1 Å². The number of aliphatic hydroxyl groups is 1. The zero-order valence-electron chi connectivity index (χ0n) is 18.0. The summed E-state index contributed by atoms with van der Waals surface area (Å²) < 4.78 is 21.9. The van der Waals surface area contributed by atoms with Crippen LogP contribution in [-0.2, 0) is 20.8 Å². The Morgan fingerprint density at radius 2 is 2.06 bits per heavy atom. The maximum absolute atomic E-state index is 10.4. The average Bonchev–Trinajstić information content (AvgIpc) is 3.22. The number of hydrogen-bond donors (Lipinski definition) is 1. The number of anilines is 1. The van der Waals surface area contributed by atoms with Crippen LogP contribution < -0.4 is 4.90 Å². The molecule has 1 atom stereocenters. The molecule has 31 heavy (non-hydrogen) atoms. The summed E-state index contributed by atoms with van der Waals surface area (Å²) in [5, 5.41) is 14.8. The molecular weight excluding hydrogens is 398 g/mol. The van der Waals surface area contributed by atoms with E-state index >= 15 is 0 Å². The predicted octanol–water partition coefficient (Wildman–Crippen LogP) is 1.64. The van der Waals surface area contributed by atoms with Crippen LogP contribution in [0.5, 0.6) is 0 Å². The first kappa shape index (κ1) is 23.3. The minimum Gasteiger partial charge on any atom is -0.389 e. The number of benzene rings is 1. The number of methoxy groups -OCH3 is 1. The molecule has 1 N–H and O–H groups in total. The van der Waals surface area contributed by atoms with Gasteiger partial charge >= 0.3 is 0 Å². The van der Waals surface area contributed by atoms with Crippen LogP contribution in [0.4, 0.5) is 5.88 Å². The molecule has 0 spiro atoms. The minimum atomic E-state index is -0.669. The molecule has 1 fully saturated rings. The van der Waals surface area contributed by atoms with Crippen molar-refractivity contribution < 1.29 is 23.8 Å². The first-order valence-corrected chi connectivity index (χ1v) is 10.5. The maximum atomic E-state index is 10.4. The van der Waals surface area contributed by atoms with Gasteiger partial charge in [-0.15, -0.1) is 6.42 Å². The van der Waals surface area contributed by atoms with E-state index in [9.17, 15) is 5.11 Å². The van der Waals surface area contributed by atoms with E-state index in [0.29, 0.717) is 39.5 Å². The van der Waals surface area contributed by atoms with Gasteiger partial charge in [-0.1, -0.05) is 41.4 Å². The number of aromatic nitrogens is 1. The predicted molar refractivity (Wildman–Crippen MR) is 118 cm³/mol. The topological polar surface area (TPSA) is 80.4 Å². The lowest BCUT2D eigenvalue weighted by molar-refractivity contribution is 0.0207. The zero-order chi connectivity index (χ0) is 21.9. The third-order valence-electron chi connectivity index (χ3n) is 5.07. The third-order valence-corrected chi connectivity index (χ3v) is 5.07. The molecule has 0 saturated carbocycles. The summed E-state index contributed by atoms with van der Waals surface area (Å²) in [5.41, 5.74) is 2.79. The van der Waals surface area contributed by atoms with Crippen molar-refractivity contribution >= 4 is 5.88 Å². The quantitative estimate of drug-likeness (QED) is 0.403. The van der Waals surface area contributed by atoms with Gasteiger partial charge in [0.1, 0.15) is 12.3 Å². The van der Waals surface area contributed by atoms with Gasteiger partial charge in [0, 0.05) is 45.4 Å². The molecule has 8 nitrogen and oxygen atoms in total. The zero-order valence-corrected chi connectivity index (χ0v) is 18.0. The number of ether oxygens (including phenoxy) is 3. The Morgan fingerprint density at radius 1 is 1.29 bits per heavy atom. The van der Waals surface area contributed by atoms with Crippen LogP contribution >= 0.6 is 0 Å². The number of morpholine rings is 1. The molecule has 168 valence electrons. The molecule has 8 heteroatoms. The molecule has 2 aromatic rings. The Hall–Kier alpha value is -2.41. The number of hydrogen-bond acceptors (Lipinski definition) is 8. The molecule has 0 bridgehead atoms. The number of aliphatic hydroxyl groups excluding tert-OH is 1. The van der Waals surface area contributed by atoms with Gasteiger partial charge in [0.05, 0.1) is 38.1 Å². The second-order valence-corrected chi connectivity index (χ2v) is 7.38. The molecule has 1 aromatic heterocycles. The fourth-order valence-corrected chi connectivity index (χ4v) is 3.56. The van der Waals surface area contributed by atoms with Crippen LogP contribution in [0.15, 0.2) is 34.9 Å². The molecule has 1 aliphatic rings. The summed E-state index contributed by atoms with van der Waals surface area (Å²) >= 11 is 0. The van der Waals surface area contributed by atoms with Crippen LogP contribution in [0.1, 0.15) is 5.56 Å². The van der Waals surface area contributed by atoms with E-state index in [4.69, 9.17) is 25.2 Å². The second-order valence-electron chi connectivity index (χ2n) is 7.38. The van der Waals surface area contributed by atoms with E-state index in [-0.39, 0.29) is 13.2 Å². The Balaban J connectivity index is 1.83. The van der Waals surface area contributed by atoms with Gasteiger partial charge in [-0.05, 0) is 0 Å². The summed E-state index contributed by atoms with van der Waals surface area (Å²) in [6.07, 6.45) is 4.55. The van der Waals surface area contributed by atoms with E-state index in [2.05, 4.69) is 20.9 Å². The van der Waals surface area contributed by atoms with Crippen LogP contribution in [0.3, 0.4) is 0 Å². The van der Waals surface area contributed by atoms with E-state index in [1.54, 1.807) is 7.11 Å². The van der Waals surface area contributed by atoms with Gasteiger partial charge in [0.15, 0.2) is 0 Å². The number of rotatable bonds is 12. The first-order chi connectivity index (χ1) is 15.2. The van der Waals surface area contributed by atoms with Crippen molar-refractivity contribution in [2.45, 2.75) is 12.6 Å². The van der Waals surface area contributed by atoms with Crippen LogP contribution in [0.25, 0.3) is 11.3 Å². The maximum Gasteiger partial charge on any atom is 0.232 e. The van der Waals surface area contributed by atoms with Gasteiger partial charge in [0.25, 0.3) is 0 Å². The van der Waals surface area contributed by atoms with Crippen molar-refractivity contribution in [3.05, 3.63) is 35.9 Å². The van der Waals surface area contributed by atoms with Gasteiger partial charge in [0.2, 0.25) is 5.88 Å². The number of nitrogens with zero attached hydrogens (tertiary/aromatic N) is 3. The Kier molecular flexibility index (Phi) is 9.34. The highest BCUT2D eigenvalue weighted by Gasteiger charge is 2.26. The highest BCUT2D eigenvalue weighted by atomic mass is 16.5. The summed E-state index contributed by atoms with van der Waals surface area (Å²) in [4.78, 5) is 4.29. The standard InChI is InChI=1S/C23H31N3O5/c1-3-12-30-18-20(27)16-25(9-13-28-2)17-21-22(19-7-5-4-6-8-19)24-31-23(21)26-10-14-29-15-11-26/h1,4-8,20,27H,9-18H2,2H3. The monoisotopic (exact) mass is 429 g/mol. The van der Waals surface area contributed by atoms with Gasteiger partial charge in [-0.25, -0.2) is 0 Å². The van der Waals surface area contributed by atoms with Gasteiger partial charge in [-0.3, -0.25) is 4.90 Å². The Morgan fingerprint density at radius 3 is 2.77 bits per heavy atom. The van der Waals surface area contributed by atoms with Crippen molar-refractivity contribution in [3.8, 4) is 23.6 Å². The second kappa shape index (κ2) is 12.4. The average molecular weight is 430 g/mol. The molecule has 3 rings (SSSR count). The van der Waals surface area contributed by atoms with Crippen molar-refractivity contribution in [1.29, 1.82) is 0 Å². The molecule has 1 unspecified atom stereocenters. The van der Waals surface area contributed by atoms with Crippen LogP contribution in [0.2, 0.25) is 0 Å². The van der Waals surface area contributed by atoms with Crippen molar-refractivity contribution in [2.75, 3.05) is 71.2 Å². The van der Waals surface area contributed by atoms with Crippen LogP contribution in [0, 0.1) is 12.3 Å². The SMILES string of the molecule is C#CCOCC(O)CN(CCOC)Cc1c(-c2ccccc2)noc1N1CCOCC1. The van der Waals surface area contributed by atoms with Gasteiger partial charge in [-0.2, -0.15) is 0 Å². The normalized spacial score (nSPS) is 15.2. The fraction of sp³-hybridized carbons (Fsp3) is 0.522.